The Morgan fingerprint density at radius 2 is 1.35 bits per heavy atom. The second kappa shape index (κ2) is 5.12. The van der Waals surface area contributed by atoms with E-state index in [0.717, 1.165) is 26.7 Å². The molecule has 0 saturated carbocycles. The molecule has 0 heterocycles. The summed E-state index contributed by atoms with van der Waals surface area (Å²) in [7, 11) is 0. The van der Waals surface area contributed by atoms with Crippen molar-refractivity contribution in [1.29, 1.82) is 0 Å². The van der Waals surface area contributed by atoms with Crippen LogP contribution in [0.15, 0.2) is 42.5 Å². The van der Waals surface area contributed by atoms with Gasteiger partial charge in [-0.3, -0.25) is 0 Å². The molecule has 0 spiro atoms. The van der Waals surface area contributed by atoms with E-state index in [1.165, 1.54) is 0 Å². The molecule has 0 unspecified atom stereocenters. The molecule has 2 aromatic rings. The summed E-state index contributed by atoms with van der Waals surface area (Å²) >= 11 is 12.6. The second-order valence-corrected chi connectivity index (χ2v) is 5.19. The lowest BCUT2D eigenvalue weighted by atomic mass is 9.98. The van der Waals surface area contributed by atoms with Crippen LogP contribution in [0.1, 0.15) is 25.3 Å². The quantitative estimate of drug-likeness (QED) is 0.645. The van der Waals surface area contributed by atoms with E-state index in [2.05, 4.69) is 26.0 Å². The molecule has 0 N–H and O–H groups in total. The van der Waals surface area contributed by atoms with E-state index in [1.54, 1.807) is 0 Å². The minimum Gasteiger partial charge on any atom is -0.0840 e. The zero-order valence-electron chi connectivity index (χ0n) is 9.87. The van der Waals surface area contributed by atoms with Gasteiger partial charge in [0, 0.05) is 10.0 Å². The SMILES string of the molecule is CC(C)c1c(Cl)cc(-c2ccccc2)cc1Cl. The van der Waals surface area contributed by atoms with Gasteiger partial charge in [0.25, 0.3) is 0 Å². The second-order valence-electron chi connectivity index (χ2n) is 4.37. The van der Waals surface area contributed by atoms with Gasteiger partial charge >= 0.3 is 0 Å². The van der Waals surface area contributed by atoms with Crippen LogP contribution in [-0.4, -0.2) is 0 Å². The van der Waals surface area contributed by atoms with Crippen molar-refractivity contribution in [2.45, 2.75) is 19.8 Å². The minimum absolute atomic E-state index is 0.333. The molecule has 0 fully saturated rings. The van der Waals surface area contributed by atoms with Crippen LogP contribution < -0.4 is 0 Å². The van der Waals surface area contributed by atoms with Gasteiger partial charge in [-0.2, -0.15) is 0 Å². The van der Waals surface area contributed by atoms with Crippen LogP contribution >= 0.6 is 23.2 Å². The summed E-state index contributed by atoms with van der Waals surface area (Å²) < 4.78 is 0. The molecular formula is C15H14Cl2. The summed E-state index contributed by atoms with van der Waals surface area (Å²) in [6.45, 7) is 4.19. The Kier molecular flexibility index (Phi) is 3.76. The van der Waals surface area contributed by atoms with E-state index in [1.807, 2.05) is 30.3 Å². The largest absolute Gasteiger partial charge is 0.0840 e. The Bertz CT molecular complexity index is 493. The van der Waals surface area contributed by atoms with Gasteiger partial charge in [-0.15, -0.1) is 0 Å². The molecule has 0 aliphatic carbocycles. The van der Waals surface area contributed by atoms with Crippen LogP contribution in [0, 0.1) is 0 Å². The lowest BCUT2D eigenvalue weighted by Crippen LogP contribution is -1.91. The van der Waals surface area contributed by atoms with Crippen molar-refractivity contribution in [2.75, 3.05) is 0 Å². The Morgan fingerprint density at radius 3 is 1.82 bits per heavy atom. The summed E-state index contributed by atoms with van der Waals surface area (Å²) in [6.07, 6.45) is 0. The highest BCUT2D eigenvalue weighted by atomic mass is 35.5. The van der Waals surface area contributed by atoms with Crippen LogP contribution in [-0.2, 0) is 0 Å². The molecule has 0 aliphatic heterocycles. The Labute approximate surface area is 112 Å². The number of halogens is 2. The first kappa shape index (κ1) is 12.5. The van der Waals surface area contributed by atoms with Gasteiger partial charge in [0.15, 0.2) is 0 Å². The molecular weight excluding hydrogens is 251 g/mol. The summed E-state index contributed by atoms with van der Waals surface area (Å²) in [6, 6.07) is 14.1. The first-order valence-corrected chi connectivity index (χ1v) is 6.39. The van der Waals surface area contributed by atoms with Crippen LogP contribution in [0.2, 0.25) is 10.0 Å². The number of benzene rings is 2. The van der Waals surface area contributed by atoms with Crippen molar-refractivity contribution in [3.63, 3.8) is 0 Å². The standard InChI is InChI=1S/C15H14Cl2/c1-10(2)15-13(16)8-12(9-14(15)17)11-6-4-3-5-7-11/h3-10H,1-2H3. The molecule has 0 aliphatic rings. The molecule has 2 heteroatoms. The average Bonchev–Trinajstić information content (AvgIpc) is 2.28. The summed E-state index contributed by atoms with van der Waals surface area (Å²) in [5, 5.41) is 1.48. The van der Waals surface area contributed by atoms with Crippen LogP contribution in [0.5, 0.6) is 0 Å². The molecule has 0 amide bonds. The molecule has 0 saturated heterocycles. The predicted molar refractivity (Wildman–Crippen MR) is 76.0 cm³/mol. The molecule has 0 radical (unpaired) electrons. The van der Waals surface area contributed by atoms with E-state index < -0.39 is 0 Å². The highest BCUT2D eigenvalue weighted by Gasteiger charge is 2.12. The minimum atomic E-state index is 0.333. The van der Waals surface area contributed by atoms with Gasteiger partial charge in [0.2, 0.25) is 0 Å². The van der Waals surface area contributed by atoms with E-state index in [0.29, 0.717) is 5.92 Å². The first-order valence-electron chi connectivity index (χ1n) is 5.64. The Balaban J connectivity index is 2.53. The zero-order valence-corrected chi connectivity index (χ0v) is 11.4. The fourth-order valence-corrected chi connectivity index (χ4v) is 2.86. The van der Waals surface area contributed by atoms with Crippen LogP contribution in [0.25, 0.3) is 11.1 Å². The lowest BCUT2D eigenvalue weighted by Gasteiger charge is -2.13. The molecule has 88 valence electrons. The fraction of sp³-hybridized carbons (Fsp3) is 0.200. The van der Waals surface area contributed by atoms with Gasteiger partial charge in [-0.05, 0) is 34.7 Å². The average molecular weight is 265 g/mol. The molecule has 0 aromatic heterocycles. The number of hydrogen-bond donors (Lipinski definition) is 0. The molecule has 0 atom stereocenters. The monoisotopic (exact) mass is 264 g/mol. The molecule has 17 heavy (non-hydrogen) atoms. The van der Waals surface area contributed by atoms with Crippen molar-refractivity contribution in [3.05, 3.63) is 58.1 Å². The highest BCUT2D eigenvalue weighted by Crippen LogP contribution is 2.35. The molecule has 2 aromatic carbocycles. The zero-order chi connectivity index (χ0) is 12.4. The third-order valence-electron chi connectivity index (χ3n) is 2.76. The van der Waals surface area contributed by atoms with E-state index in [-0.39, 0.29) is 0 Å². The van der Waals surface area contributed by atoms with Crippen molar-refractivity contribution >= 4 is 23.2 Å². The number of rotatable bonds is 2. The summed E-state index contributed by atoms with van der Waals surface area (Å²) in [4.78, 5) is 0. The maximum absolute atomic E-state index is 6.30. The number of hydrogen-bond acceptors (Lipinski definition) is 0. The molecule has 2 rings (SSSR count). The molecule has 0 bridgehead atoms. The third-order valence-corrected chi connectivity index (χ3v) is 3.39. The van der Waals surface area contributed by atoms with Crippen LogP contribution in [0.3, 0.4) is 0 Å². The van der Waals surface area contributed by atoms with Gasteiger partial charge in [0.05, 0.1) is 0 Å². The third kappa shape index (κ3) is 2.65. The maximum Gasteiger partial charge on any atom is 0.0461 e. The van der Waals surface area contributed by atoms with Gasteiger partial charge in [-0.25, -0.2) is 0 Å². The van der Waals surface area contributed by atoms with E-state index in [9.17, 15) is 0 Å². The predicted octanol–water partition coefficient (Wildman–Crippen LogP) is 5.78. The van der Waals surface area contributed by atoms with Crippen molar-refractivity contribution < 1.29 is 0 Å². The summed E-state index contributed by atoms with van der Waals surface area (Å²) in [5.74, 6) is 0.333. The van der Waals surface area contributed by atoms with Crippen molar-refractivity contribution in [2.24, 2.45) is 0 Å². The fourth-order valence-electron chi connectivity index (χ4n) is 1.93. The lowest BCUT2D eigenvalue weighted by molar-refractivity contribution is 0.867. The van der Waals surface area contributed by atoms with Crippen molar-refractivity contribution in [3.8, 4) is 11.1 Å². The Morgan fingerprint density at radius 1 is 0.824 bits per heavy atom. The van der Waals surface area contributed by atoms with Gasteiger partial charge in [0.1, 0.15) is 0 Å². The summed E-state index contributed by atoms with van der Waals surface area (Å²) in [5.41, 5.74) is 3.21. The van der Waals surface area contributed by atoms with E-state index in [4.69, 9.17) is 23.2 Å². The first-order chi connectivity index (χ1) is 8.09. The smallest absolute Gasteiger partial charge is 0.0461 e. The maximum atomic E-state index is 6.30. The Hall–Kier alpha value is -0.980. The normalized spacial score (nSPS) is 10.9. The molecule has 0 nitrogen and oxygen atoms in total. The van der Waals surface area contributed by atoms with Crippen LogP contribution in [0.4, 0.5) is 0 Å². The van der Waals surface area contributed by atoms with Crippen molar-refractivity contribution in [1.82, 2.24) is 0 Å². The van der Waals surface area contributed by atoms with Gasteiger partial charge < -0.3 is 0 Å². The van der Waals surface area contributed by atoms with E-state index >= 15 is 0 Å². The highest BCUT2D eigenvalue weighted by molar-refractivity contribution is 6.36. The topological polar surface area (TPSA) is 0 Å². The van der Waals surface area contributed by atoms with Gasteiger partial charge in [-0.1, -0.05) is 67.4 Å².